The SMILES string of the molecule is CCC=CC(O)(c1ccccc1O)c1ncccc1C. The second kappa shape index (κ2) is 5.88. The summed E-state index contributed by atoms with van der Waals surface area (Å²) in [6.07, 6.45) is 6.01. The Hall–Kier alpha value is -2.13. The lowest BCUT2D eigenvalue weighted by Gasteiger charge is -2.27. The first kappa shape index (κ1) is 14.3. The van der Waals surface area contributed by atoms with Gasteiger partial charge in [0.05, 0.1) is 5.69 Å². The number of para-hydroxylation sites is 1. The van der Waals surface area contributed by atoms with Gasteiger partial charge in [-0.15, -0.1) is 0 Å². The highest BCUT2D eigenvalue weighted by molar-refractivity contribution is 5.47. The first-order valence-corrected chi connectivity index (χ1v) is 6.70. The average molecular weight is 269 g/mol. The summed E-state index contributed by atoms with van der Waals surface area (Å²) in [4.78, 5) is 4.31. The van der Waals surface area contributed by atoms with Crippen molar-refractivity contribution in [2.45, 2.75) is 25.9 Å². The van der Waals surface area contributed by atoms with Crippen LogP contribution in [-0.4, -0.2) is 15.2 Å². The van der Waals surface area contributed by atoms with Crippen molar-refractivity contribution in [2.24, 2.45) is 0 Å². The fourth-order valence-electron chi connectivity index (χ4n) is 2.27. The van der Waals surface area contributed by atoms with Gasteiger partial charge in [-0.3, -0.25) is 4.98 Å². The van der Waals surface area contributed by atoms with Crippen LogP contribution in [0.4, 0.5) is 0 Å². The fraction of sp³-hybridized carbons (Fsp3) is 0.235. The van der Waals surface area contributed by atoms with Gasteiger partial charge in [0.1, 0.15) is 5.75 Å². The van der Waals surface area contributed by atoms with Gasteiger partial charge in [-0.05, 0) is 37.1 Å². The zero-order valence-electron chi connectivity index (χ0n) is 11.7. The predicted octanol–water partition coefficient (Wildman–Crippen LogP) is 3.30. The maximum Gasteiger partial charge on any atom is 0.154 e. The van der Waals surface area contributed by atoms with Crippen molar-refractivity contribution in [3.05, 3.63) is 71.6 Å². The van der Waals surface area contributed by atoms with Crippen molar-refractivity contribution < 1.29 is 10.2 Å². The molecule has 1 heterocycles. The number of benzene rings is 1. The Morgan fingerprint density at radius 2 is 1.95 bits per heavy atom. The van der Waals surface area contributed by atoms with Gasteiger partial charge in [-0.25, -0.2) is 0 Å². The highest BCUT2D eigenvalue weighted by atomic mass is 16.3. The predicted molar refractivity (Wildman–Crippen MR) is 79.5 cm³/mol. The number of pyridine rings is 1. The van der Waals surface area contributed by atoms with Gasteiger partial charge in [0, 0.05) is 11.8 Å². The number of phenols is 1. The Kier molecular flexibility index (Phi) is 4.20. The van der Waals surface area contributed by atoms with E-state index in [-0.39, 0.29) is 5.75 Å². The van der Waals surface area contributed by atoms with Gasteiger partial charge in [-0.1, -0.05) is 37.3 Å². The second-order valence-electron chi connectivity index (χ2n) is 4.76. The van der Waals surface area contributed by atoms with E-state index in [9.17, 15) is 10.2 Å². The topological polar surface area (TPSA) is 53.4 Å². The molecule has 2 aromatic rings. The van der Waals surface area contributed by atoms with E-state index in [0.717, 1.165) is 12.0 Å². The van der Waals surface area contributed by atoms with E-state index in [1.165, 1.54) is 0 Å². The molecule has 20 heavy (non-hydrogen) atoms. The Morgan fingerprint density at radius 3 is 2.60 bits per heavy atom. The monoisotopic (exact) mass is 269 g/mol. The van der Waals surface area contributed by atoms with Gasteiger partial charge in [0.15, 0.2) is 5.60 Å². The van der Waals surface area contributed by atoms with E-state index in [4.69, 9.17) is 0 Å². The molecule has 2 rings (SSSR count). The van der Waals surface area contributed by atoms with Crippen LogP contribution in [0.1, 0.15) is 30.2 Å². The molecule has 1 unspecified atom stereocenters. The van der Waals surface area contributed by atoms with Gasteiger partial charge >= 0.3 is 0 Å². The number of aromatic nitrogens is 1. The minimum Gasteiger partial charge on any atom is -0.508 e. The standard InChI is InChI=1S/C17H19NO2/c1-3-4-11-17(20,14-9-5-6-10-15(14)19)16-13(2)8-7-12-18-16/h4-12,19-20H,3H2,1-2H3. The average Bonchev–Trinajstić information content (AvgIpc) is 2.46. The van der Waals surface area contributed by atoms with Gasteiger partial charge in [0.2, 0.25) is 0 Å². The normalized spacial score (nSPS) is 14.3. The summed E-state index contributed by atoms with van der Waals surface area (Å²) in [5.74, 6) is 0.0563. The summed E-state index contributed by atoms with van der Waals surface area (Å²) in [7, 11) is 0. The maximum absolute atomic E-state index is 11.1. The molecule has 1 atom stereocenters. The number of allylic oxidation sites excluding steroid dienone is 1. The number of aliphatic hydroxyl groups is 1. The zero-order chi connectivity index (χ0) is 14.6. The summed E-state index contributed by atoms with van der Waals surface area (Å²) in [5.41, 5.74) is 0.420. The molecule has 0 aliphatic heterocycles. The summed E-state index contributed by atoms with van der Waals surface area (Å²) < 4.78 is 0. The van der Waals surface area contributed by atoms with E-state index in [0.29, 0.717) is 11.3 Å². The van der Waals surface area contributed by atoms with Crippen molar-refractivity contribution >= 4 is 0 Å². The van der Waals surface area contributed by atoms with Crippen LogP contribution in [0.5, 0.6) is 5.75 Å². The molecule has 104 valence electrons. The molecule has 0 aliphatic rings. The van der Waals surface area contributed by atoms with Crippen LogP contribution < -0.4 is 0 Å². The van der Waals surface area contributed by atoms with Crippen LogP contribution >= 0.6 is 0 Å². The highest BCUT2D eigenvalue weighted by Gasteiger charge is 2.33. The molecule has 0 saturated carbocycles. The lowest BCUT2D eigenvalue weighted by molar-refractivity contribution is 0.125. The quantitative estimate of drug-likeness (QED) is 0.837. The number of nitrogens with zero attached hydrogens (tertiary/aromatic N) is 1. The first-order chi connectivity index (χ1) is 9.59. The van der Waals surface area contributed by atoms with Gasteiger partial charge in [0.25, 0.3) is 0 Å². The molecule has 0 bridgehead atoms. The van der Waals surface area contributed by atoms with E-state index in [1.54, 1.807) is 36.5 Å². The molecule has 0 saturated heterocycles. The molecule has 1 aromatic heterocycles. The molecular formula is C17H19NO2. The number of rotatable bonds is 4. The molecule has 1 aromatic carbocycles. The van der Waals surface area contributed by atoms with Crippen LogP contribution in [-0.2, 0) is 5.60 Å². The van der Waals surface area contributed by atoms with E-state index in [1.807, 2.05) is 32.1 Å². The lowest BCUT2D eigenvalue weighted by Crippen LogP contribution is -2.27. The first-order valence-electron chi connectivity index (χ1n) is 6.70. The molecular weight excluding hydrogens is 250 g/mol. The van der Waals surface area contributed by atoms with Crippen molar-refractivity contribution in [2.75, 3.05) is 0 Å². The smallest absolute Gasteiger partial charge is 0.154 e. The lowest BCUT2D eigenvalue weighted by atomic mass is 9.86. The number of aryl methyl sites for hydroxylation is 1. The van der Waals surface area contributed by atoms with E-state index >= 15 is 0 Å². The Balaban J connectivity index is 2.66. The van der Waals surface area contributed by atoms with E-state index < -0.39 is 5.60 Å². The number of hydrogen-bond donors (Lipinski definition) is 2. The maximum atomic E-state index is 11.1. The Labute approximate surface area is 119 Å². The van der Waals surface area contributed by atoms with Crippen molar-refractivity contribution in [1.29, 1.82) is 0 Å². The molecule has 0 aliphatic carbocycles. The van der Waals surface area contributed by atoms with Crippen molar-refractivity contribution in [3.63, 3.8) is 0 Å². The molecule has 0 spiro atoms. The number of hydrogen-bond acceptors (Lipinski definition) is 3. The van der Waals surface area contributed by atoms with Gasteiger partial charge in [-0.2, -0.15) is 0 Å². The molecule has 0 fully saturated rings. The molecule has 3 nitrogen and oxygen atoms in total. The summed E-state index contributed by atoms with van der Waals surface area (Å²) >= 11 is 0. The second-order valence-corrected chi connectivity index (χ2v) is 4.76. The summed E-state index contributed by atoms with van der Waals surface area (Å²) in [6.45, 7) is 3.89. The molecule has 2 N–H and O–H groups in total. The summed E-state index contributed by atoms with van der Waals surface area (Å²) in [5, 5.41) is 21.2. The molecule has 3 heteroatoms. The van der Waals surface area contributed by atoms with E-state index in [2.05, 4.69) is 4.98 Å². The third-order valence-electron chi connectivity index (χ3n) is 3.28. The third kappa shape index (κ3) is 2.58. The minimum absolute atomic E-state index is 0.0563. The van der Waals surface area contributed by atoms with Crippen molar-refractivity contribution in [1.82, 2.24) is 4.98 Å². The third-order valence-corrected chi connectivity index (χ3v) is 3.28. The summed E-state index contributed by atoms with van der Waals surface area (Å²) in [6, 6.07) is 10.5. The highest BCUT2D eigenvalue weighted by Crippen LogP contribution is 2.36. The number of phenolic OH excluding ortho intramolecular Hbond substituents is 1. The molecule has 0 radical (unpaired) electrons. The molecule has 0 amide bonds. The number of aromatic hydroxyl groups is 1. The van der Waals surface area contributed by atoms with Crippen LogP contribution in [0.2, 0.25) is 0 Å². The van der Waals surface area contributed by atoms with Gasteiger partial charge < -0.3 is 10.2 Å². The van der Waals surface area contributed by atoms with Crippen LogP contribution in [0, 0.1) is 6.92 Å². The van der Waals surface area contributed by atoms with Crippen LogP contribution in [0.3, 0.4) is 0 Å². The zero-order valence-corrected chi connectivity index (χ0v) is 11.7. The Bertz CT molecular complexity index is 574. The fourth-order valence-corrected chi connectivity index (χ4v) is 2.27. The van der Waals surface area contributed by atoms with Crippen LogP contribution in [0.25, 0.3) is 0 Å². The largest absolute Gasteiger partial charge is 0.508 e. The van der Waals surface area contributed by atoms with Crippen LogP contribution in [0.15, 0.2) is 54.7 Å². The Morgan fingerprint density at radius 1 is 1.20 bits per heavy atom. The van der Waals surface area contributed by atoms with Crippen molar-refractivity contribution in [3.8, 4) is 5.75 Å². The minimum atomic E-state index is -1.42.